The highest BCUT2D eigenvalue weighted by Gasteiger charge is 2.17. The Morgan fingerprint density at radius 1 is 1.50 bits per heavy atom. The molecule has 6 heteroatoms. The number of aliphatic hydroxyl groups excluding tert-OH is 1. The van der Waals surface area contributed by atoms with E-state index in [-0.39, 0.29) is 22.0 Å². The summed E-state index contributed by atoms with van der Waals surface area (Å²) < 4.78 is 24.8. The van der Waals surface area contributed by atoms with Gasteiger partial charge in [0.25, 0.3) is 12.0 Å². The molecule has 0 saturated carbocycles. The maximum Gasteiger partial charge on any atom is 0.265 e. The maximum absolute atomic E-state index is 12.4. The van der Waals surface area contributed by atoms with Crippen LogP contribution in [0.3, 0.4) is 0 Å². The number of H-pyrrole nitrogens is 1. The van der Waals surface area contributed by atoms with Crippen molar-refractivity contribution in [3.8, 4) is 0 Å². The number of halogens is 3. The molecule has 0 radical (unpaired) electrons. The van der Waals surface area contributed by atoms with Crippen LogP contribution in [0.1, 0.15) is 23.1 Å². The third-order valence-electron chi connectivity index (χ3n) is 1.87. The first-order valence-corrected chi connectivity index (χ1v) is 4.92. The van der Waals surface area contributed by atoms with Crippen LogP contribution < -0.4 is 5.56 Å². The summed E-state index contributed by atoms with van der Waals surface area (Å²) in [7, 11) is 0. The topological polar surface area (TPSA) is 53.1 Å². The van der Waals surface area contributed by atoms with Gasteiger partial charge in [0, 0.05) is 22.7 Å². The minimum atomic E-state index is -2.70. The number of aliphatic hydroxyl groups is 1. The minimum Gasteiger partial charge on any atom is -0.392 e. The number of alkyl halides is 3. The van der Waals surface area contributed by atoms with Gasteiger partial charge < -0.3 is 10.1 Å². The van der Waals surface area contributed by atoms with Crippen LogP contribution in [-0.4, -0.2) is 10.1 Å². The fourth-order valence-corrected chi connectivity index (χ4v) is 1.74. The lowest BCUT2D eigenvalue weighted by Gasteiger charge is -2.09. The van der Waals surface area contributed by atoms with Gasteiger partial charge in [0.2, 0.25) is 0 Å². The number of hydrogen-bond acceptors (Lipinski definition) is 2. The highest BCUT2D eigenvalue weighted by molar-refractivity contribution is 9.08. The molecule has 78 valence electrons. The number of pyridine rings is 1. The van der Waals surface area contributed by atoms with E-state index in [0.717, 1.165) is 6.20 Å². The summed E-state index contributed by atoms with van der Waals surface area (Å²) in [5.74, 6) is 0. The molecule has 0 spiro atoms. The van der Waals surface area contributed by atoms with E-state index >= 15 is 0 Å². The van der Waals surface area contributed by atoms with Crippen LogP contribution in [0.25, 0.3) is 0 Å². The monoisotopic (exact) mass is 267 g/mol. The Bertz CT molecular complexity index is 378. The molecular formula is C8H8BrF2NO2. The largest absolute Gasteiger partial charge is 0.392 e. The van der Waals surface area contributed by atoms with E-state index in [1.165, 1.54) is 0 Å². The van der Waals surface area contributed by atoms with Crippen molar-refractivity contribution in [3.63, 3.8) is 0 Å². The predicted molar refractivity (Wildman–Crippen MR) is 50.6 cm³/mol. The van der Waals surface area contributed by atoms with Crippen molar-refractivity contribution in [3.05, 3.63) is 33.2 Å². The van der Waals surface area contributed by atoms with Crippen LogP contribution in [0, 0.1) is 0 Å². The Morgan fingerprint density at radius 3 is 2.57 bits per heavy atom. The lowest BCUT2D eigenvalue weighted by Crippen LogP contribution is -2.16. The normalized spacial score (nSPS) is 10.9. The highest BCUT2D eigenvalue weighted by atomic mass is 79.9. The average Bonchev–Trinajstić information content (AvgIpc) is 2.16. The number of aromatic amines is 1. The van der Waals surface area contributed by atoms with E-state index in [1.54, 1.807) is 0 Å². The Hall–Kier alpha value is -0.750. The van der Waals surface area contributed by atoms with Crippen LogP contribution in [0.2, 0.25) is 0 Å². The third kappa shape index (κ3) is 2.01. The molecule has 0 unspecified atom stereocenters. The predicted octanol–water partition coefficient (Wildman–Crippen LogP) is 1.70. The van der Waals surface area contributed by atoms with Gasteiger partial charge in [-0.15, -0.1) is 0 Å². The van der Waals surface area contributed by atoms with Gasteiger partial charge in [-0.1, -0.05) is 15.9 Å². The first-order valence-electron chi connectivity index (χ1n) is 3.80. The molecular weight excluding hydrogens is 260 g/mol. The molecule has 0 saturated heterocycles. The minimum absolute atomic E-state index is 0.000579. The van der Waals surface area contributed by atoms with Crippen LogP contribution in [0.4, 0.5) is 8.78 Å². The molecule has 14 heavy (non-hydrogen) atoms. The lowest BCUT2D eigenvalue weighted by atomic mass is 10.1. The molecule has 0 aliphatic heterocycles. The fourth-order valence-electron chi connectivity index (χ4n) is 1.15. The Morgan fingerprint density at radius 2 is 2.14 bits per heavy atom. The molecule has 0 aliphatic rings. The Kier molecular flexibility index (Phi) is 3.77. The van der Waals surface area contributed by atoms with Gasteiger partial charge in [0.15, 0.2) is 0 Å². The highest BCUT2D eigenvalue weighted by Crippen LogP contribution is 2.23. The number of nitrogens with one attached hydrogen (secondary N) is 1. The molecule has 0 bridgehead atoms. The van der Waals surface area contributed by atoms with Gasteiger partial charge in [-0.05, 0) is 5.56 Å². The maximum atomic E-state index is 12.4. The zero-order valence-electron chi connectivity index (χ0n) is 7.06. The van der Waals surface area contributed by atoms with Crippen molar-refractivity contribution >= 4 is 15.9 Å². The van der Waals surface area contributed by atoms with Crippen molar-refractivity contribution in [2.45, 2.75) is 18.4 Å². The summed E-state index contributed by atoms with van der Waals surface area (Å²) >= 11 is 3.01. The SMILES string of the molecule is O=c1[nH]cc(C(F)F)c(CO)c1CBr. The number of aromatic nitrogens is 1. The molecule has 0 atom stereocenters. The van der Waals surface area contributed by atoms with E-state index in [0.29, 0.717) is 0 Å². The van der Waals surface area contributed by atoms with Crippen LogP contribution in [-0.2, 0) is 11.9 Å². The summed E-state index contributed by atoms with van der Waals surface area (Å²) in [5.41, 5.74) is -0.650. The first kappa shape index (κ1) is 11.3. The quantitative estimate of drug-likeness (QED) is 0.820. The molecule has 2 N–H and O–H groups in total. The van der Waals surface area contributed by atoms with Crippen molar-refractivity contribution < 1.29 is 13.9 Å². The molecule has 1 aromatic heterocycles. The van der Waals surface area contributed by atoms with Gasteiger partial charge >= 0.3 is 0 Å². The van der Waals surface area contributed by atoms with Crippen molar-refractivity contribution in [1.82, 2.24) is 4.98 Å². The fraction of sp³-hybridized carbons (Fsp3) is 0.375. The molecule has 3 nitrogen and oxygen atoms in total. The Balaban J connectivity index is 3.40. The van der Waals surface area contributed by atoms with E-state index in [1.807, 2.05) is 0 Å². The van der Waals surface area contributed by atoms with Gasteiger partial charge in [0.1, 0.15) is 0 Å². The van der Waals surface area contributed by atoms with Gasteiger partial charge in [0.05, 0.1) is 6.61 Å². The molecule has 1 aromatic rings. The second-order valence-electron chi connectivity index (χ2n) is 2.62. The lowest BCUT2D eigenvalue weighted by molar-refractivity contribution is 0.146. The second-order valence-corrected chi connectivity index (χ2v) is 3.18. The summed E-state index contributed by atoms with van der Waals surface area (Å²) in [6.45, 7) is -0.565. The third-order valence-corrected chi connectivity index (χ3v) is 2.43. The van der Waals surface area contributed by atoms with Crippen molar-refractivity contribution in [1.29, 1.82) is 0 Å². The average molecular weight is 268 g/mol. The second kappa shape index (κ2) is 4.65. The van der Waals surface area contributed by atoms with Gasteiger partial charge in [-0.25, -0.2) is 8.78 Å². The van der Waals surface area contributed by atoms with Crippen molar-refractivity contribution in [2.24, 2.45) is 0 Å². The summed E-state index contributed by atoms with van der Waals surface area (Å²) in [4.78, 5) is 13.4. The Labute approximate surface area is 86.9 Å². The van der Waals surface area contributed by atoms with Crippen LogP contribution in [0.15, 0.2) is 11.0 Å². The molecule has 1 rings (SSSR count). The first-order chi connectivity index (χ1) is 6.61. The van der Waals surface area contributed by atoms with Crippen LogP contribution in [0.5, 0.6) is 0 Å². The zero-order chi connectivity index (χ0) is 10.7. The molecule has 0 aromatic carbocycles. The van der Waals surface area contributed by atoms with Crippen LogP contribution >= 0.6 is 15.9 Å². The summed E-state index contributed by atoms with van der Waals surface area (Å²) in [5, 5.41) is 9.03. The number of hydrogen-bond donors (Lipinski definition) is 2. The standard InChI is InChI=1S/C8H8BrF2NO2/c9-1-4-6(3-13)5(7(10)11)2-12-8(4)14/h2,7,13H,1,3H2,(H,12,14). The van der Waals surface area contributed by atoms with E-state index in [2.05, 4.69) is 20.9 Å². The van der Waals surface area contributed by atoms with Gasteiger partial charge in [-0.3, -0.25) is 4.79 Å². The smallest absolute Gasteiger partial charge is 0.265 e. The number of rotatable bonds is 3. The molecule has 0 amide bonds. The van der Waals surface area contributed by atoms with E-state index < -0.39 is 18.6 Å². The van der Waals surface area contributed by atoms with E-state index in [4.69, 9.17) is 5.11 Å². The zero-order valence-corrected chi connectivity index (χ0v) is 8.64. The molecule has 1 heterocycles. The van der Waals surface area contributed by atoms with Gasteiger partial charge in [-0.2, -0.15) is 0 Å². The van der Waals surface area contributed by atoms with Crippen molar-refractivity contribution in [2.75, 3.05) is 0 Å². The summed E-state index contributed by atoms with van der Waals surface area (Å²) in [6, 6.07) is 0. The van der Waals surface area contributed by atoms with E-state index in [9.17, 15) is 13.6 Å². The summed E-state index contributed by atoms with van der Waals surface area (Å²) in [6.07, 6.45) is -1.77. The molecule has 0 aliphatic carbocycles. The molecule has 0 fully saturated rings.